The Labute approximate surface area is 165 Å². The van der Waals surface area contributed by atoms with Gasteiger partial charge in [-0.05, 0) is 42.7 Å². The van der Waals surface area contributed by atoms with Crippen molar-refractivity contribution in [2.45, 2.75) is 45.4 Å². The minimum atomic E-state index is 0.743. The summed E-state index contributed by atoms with van der Waals surface area (Å²) in [7, 11) is 0. The fourth-order valence-electron chi connectivity index (χ4n) is 2.90. The maximum atomic E-state index is 5.95. The van der Waals surface area contributed by atoms with Gasteiger partial charge in [-0.25, -0.2) is 4.98 Å². The van der Waals surface area contributed by atoms with Crippen molar-refractivity contribution in [3.05, 3.63) is 64.5 Å². The molecule has 0 saturated carbocycles. The van der Waals surface area contributed by atoms with Crippen molar-refractivity contribution in [3.8, 4) is 11.3 Å². The molecule has 136 valence electrons. The first-order chi connectivity index (χ1) is 12.7. The highest BCUT2D eigenvalue weighted by Gasteiger charge is 2.05. The van der Waals surface area contributed by atoms with Crippen LogP contribution < -0.4 is 5.32 Å². The van der Waals surface area contributed by atoms with Gasteiger partial charge < -0.3 is 5.32 Å². The van der Waals surface area contributed by atoms with E-state index >= 15 is 0 Å². The van der Waals surface area contributed by atoms with E-state index in [9.17, 15) is 0 Å². The van der Waals surface area contributed by atoms with Crippen molar-refractivity contribution in [1.29, 1.82) is 0 Å². The molecule has 2 nitrogen and oxygen atoms in total. The predicted molar refractivity (Wildman–Crippen MR) is 115 cm³/mol. The molecule has 0 unspecified atom stereocenters. The summed E-state index contributed by atoms with van der Waals surface area (Å²) < 4.78 is 0. The molecule has 4 heteroatoms. The average Bonchev–Trinajstić information content (AvgIpc) is 3.12. The van der Waals surface area contributed by atoms with E-state index in [0.717, 1.165) is 27.1 Å². The van der Waals surface area contributed by atoms with E-state index in [4.69, 9.17) is 11.6 Å². The molecule has 0 aliphatic heterocycles. The van der Waals surface area contributed by atoms with Crippen LogP contribution in [-0.2, 0) is 6.42 Å². The number of benzene rings is 2. The smallest absolute Gasteiger partial charge is 0.187 e. The molecule has 0 amide bonds. The summed E-state index contributed by atoms with van der Waals surface area (Å²) in [6.45, 7) is 2.26. The largest absolute Gasteiger partial charge is 0.332 e. The van der Waals surface area contributed by atoms with Gasteiger partial charge in [0.25, 0.3) is 0 Å². The van der Waals surface area contributed by atoms with Crippen LogP contribution in [0.3, 0.4) is 0 Å². The quantitative estimate of drug-likeness (QED) is 0.382. The molecule has 0 aliphatic rings. The molecule has 0 atom stereocenters. The number of aromatic nitrogens is 1. The van der Waals surface area contributed by atoms with E-state index < -0.39 is 0 Å². The molecule has 0 radical (unpaired) electrons. The van der Waals surface area contributed by atoms with E-state index in [1.165, 1.54) is 44.1 Å². The van der Waals surface area contributed by atoms with Crippen LogP contribution >= 0.6 is 22.9 Å². The molecule has 0 aliphatic carbocycles. The van der Waals surface area contributed by atoms with Crippen molar-refractivity contribution < 1.29 is 0 Å². The van der Waals surface area contributed by atoms with Crippen LogP contribution in [-0.4, -0.2) is 4.98 Å². The Morgan fingerprint density at radius 1 is 0.923 bits per heavy atom. The lowest BCUT2D eigenvalue weighted by atomic mass is 10.1. The second kappa shape index (κ2) is 9.75. The number of nitrogens with zero attached hydrogens (tertiary/aromatic N) is 1. The zero-order chi connectivity index (χ0) is 18.2. The molecule has 0 bridgehead atoms. The van der Waals surface area contributed by atoms with Crippen molar-refractivity contribution in [1.82, 2.24) is 4.98 Å². The van der Waals surface area contributed by atoms with Gasteiger partial charge in [0, 0.05) is 21.7 Å². The number of nitrogens with one attached hydrogen (secondary N) is 1. The average molecular weight is 385 g/mol. The first-order valence-corrected chi connectivity index (χ1v) is 10.6. The Hall–Kier alpha value is -1.84. The molecule has 0 fully saturated rings. The van der Waals surface area contributed by atoms with Crippen molar-refractivity contribution in [3.63, 3.8) is 0 Å². The first kappa shape index (κ1) is 18.9. The lowest BCUT2D eigenvalue weighted by molar-refractivity contribution is 0.632. The highest BCUT2D eigenvalue weighted by molar-refractivity contribution is 7.14. The summed E-state index contributed by atoms with van der Waals surface area (Å²) in [5.74, 6) is 0. The van der Waals surface area contributed by atoms with Crippen LogP contribution in [0.1, 0.15) is 44.6 Å². The van der Waals surface area contributed by atoms with Gasteiger partial charge in [-0.1, -0.05) is 68.5 Å². The lowest BCUT2D eigenvalue weighted by Crippen LogP contribution is -1.91. The molecule has 26 heavy (non-hydrogen) atoms. The molecule has 0 spiro atoms. The third kappa shape index (κ3) is 5.58. The Bertz CT molecular complexity index is 794. The lowest BCUT2D eigenvalue weighted by Gasteiger charge is -2.05. The van der Waals surface area contributed by atoms with Gasteiger partial charge in [0.2, 0.25) is 0 Å². The summed E-state index contributed by atoms with van der Waals surface area (Å²) in [5, 5.41) is 7.11. The van der Waals surface area contributed by atoms with E-state index in [-0.39, 0.29) is 0 Å². The van der Waals surface area contributed by atoms with Gasteiger partial charge in [-0.2, -0.15) is 0 Å². The maximum absolute atomic E-state index is 5.95. The molecule has 3 aromatic rings. The highest BCUT2D eigenvalue weighted by atomic mass is 35.5. The van der Waals surface area contributed by atoms with E-state index in [1.807, 2.05) is 24.3 Å². The summed E-state index contributed by atoms with van der Waals surface area (Å²) in [4.78, 5) is 4.67. The fraction of sp³-hybridized carbons (Fsp3) is 0.318. The number of aryl methyl sites for hydroxylation is 1. The monoisotopic (exact) mass is 384 g/mol. The third-order valence-corrected chi connectivity index (χ3v) is 5.43. The first-order valence-electron chi connectivity index (χ1n) is 9.32. The van der Waals surface area contributed by atoms with Crippen LogP contribution in [0, 0.1) is 0 Å². The summed E-state index contributed by atoms with van der Waals surface area (Å²) >= 11 is 7.56. The Kier molecular flexibility index (Phi) is 7.10. The summed E-state index contributed by atoms with van der Waals surface area (Å²) in [5.41, 5.74) is 4.54. The Morgan fingerprint density at radius 3 is 2.38 bits per heavy atom. The summed E-state index contributed by atoms with van der Waals surface area (Å²) in [6.07, 6.45) is 7.80. The molecular weight excluding hydrogens is 360 g/mol. The topological polar surface area (TPSA) is 24.9 Å². The van der Waals surface area contributed by atoms with Crippen LogP contribution in [0.4, 0.5) is 10.8 Å². The number of hydrogen-bond acceptors (Lipinski definition) is 3. The van der Waals surface area contributed by atoms with E-state index in [1.54, 1.807) is 11.3 Å². The van der Waals surface area contributed by atoms with Gasteiger partial charge in [0.05, 0.1) is 5.69 Å². The second-order valence-electron chi connectivity index (χ2n) is 6.53. The van der Waals surface area contributed by atoms with E-state index in [0.29, 0.717) is 0 Å². The van der Waals surface area contributed by atoms with Crippen LogP contribution in [0.15, 0.2) is 53.9 Å². The molecule has 3 rings (SSSR count). The van der Waals surface area contributed by atoms with Crippen LogP contribution in [0.2, 0.25) is 5.02 Å². The molecule has 1 heterocycles. The molecule has 0 saturated heterocycles. The number of unbranched alkanes of at least 4 members (excludes halogenated alkanes) is 4. The Morgan fingerprint density at radius 2 is 1.65 bits per heavy atom. The molecule has 1 N–H and O–H groups in total. The van der Waals surface area contributed by atoms with Gasteiger partial charge in [0.1, 0.15) is 0 Å². The van der Waals surface area contributed by atoms with Crippen LogP contribution in [0.5, 0.6) is 0 Å². The van der Waals surface area contributed by atoms with Crippen molar-refractivity contribution in [2.75, 3.05) is 5.32 Å². The zero-order valence-corrected chi connectivity index (χ0v) is 16.7. The number of rotatable bonds is 9. The van der Waals surface area contributed by atoms with Crippen LogP contribution in [0.25, 0.3) is 11.3 Å². The summed E-state index contributed by atoms with van der Waals surface area (Å²) in [6, 6.07) is 16.5. The Balaban J connectivity index is 1.53. The van der Waals surface area contributed by atoms with Gasteiger partial charge in [-0.3, -0.25) is 0 Å². The SMILES string of the molecule is CCCCCCCc1ccc(Nc2nc(-c3ccc(Cl)cc3)cs2)cc1. The standard InChI is InChI=1S/C22H25ClN2S/c1-2-3-4-5-6-7-17-8-14-20(15-9-17)24-22-25-21(16-26-22)18-10-12-19(23)13-11-18/h8-16H,2-7H2,1H3,(H,24,25). The van der Waals surface area contributed by atoms with Crippen molar-refractivity contribution in [2.24, 2.45) is 0 Å². The highest BCUT2D eigenvalue weighted by Crippen LogP contribution is 2.28. The molecule has 2 aromatic carbocycles. The minimum absolute atomic E-state index is 0.743. The van der Waals surface area contributed by atoms with Gasteiger partial charge in [0.15, 0.2) is 5.13 Å². The molecule has 1 aromatic heterocycles. The minimum Gasteiger partial charge on any atom is -0.332 e. The third-order valence-electron chi connectivity index (χ3n) is 4.42. The molecular formula is C22H25ClN2S. The van der Waals surface area contributed by atoms with Crippen molar-refractivity contribution >= 4 is 33.8 Å². The zero-order valence-electron chi connectivity index (χ0n) is 15.2. The normalized spacial score (nSPS) is 10.8. The van der Waals surface area contributed by atoms with Gasteiger partial charge >= 0.3 is 0 Å². The number of halogens is 1. The second-order valence-corrected chi connectivity index (χ2v) is 7.83. The predicted octanol–water partition coefficient (Wildman–Crippen LogP) is 7.72. The maximum Gasteiger partial charge on any atom is 0.187 e. The van der Waals surface area contributed by atoms with E-state index in [2.05, 4.69) is 46.9 Å². The fourth-order valence-corrected chi connectivity index (χ4v) is 3.76. The van der Waals surface area contributed by atoms with Gasteiger partial charge in [-0.15, -0.1) is 11.3 Å². The number of hydrogen-bond donors (Lipinski definition) is 1. The number of thiazole rings is 1. The number of anilines is 2.